The van der Waals surface area contributed by atoms with E-state index in [1.165, 1.54) is 12.5 Å². The van der Waals surface area contributed by atoms with Crippen LogP contribution >= 0.6 is 23.2 Å². The molecule has 2 atom stereocenters. The summed E-state index contributed by atoms with van der Waals surface area (Å²) in [5.74, 6) is -1.95. The molecule has 0 saturated carbocycles. The van der Waals surface area contributed by atoms with Crippen LogP contribution in [0.4, 0.5) is 5.69 Å². The number of hydroxylamine groups is 2. The van der Waals surface area contributed by atoms with Crippen LogP contribution in [0.15, 0.2) is 56.7 Å². The molecule has 1 aliphatic heterocycles. The number of carboxylic acids is 1. The average molecular weight is 528 g/mol. The number of allylic oxidation sites excluding steroid dienone is 2. The van der Waals surface area contributed by atoms with Crippen LogP contribution in [0.3, 0.4) is 0 Å². The Morgan fingerprint density at radius 1 is 1.24 bits per heavy atom. The minimum atomic E-state index is -1.53. The number of anilines is 1. The number of benzene rings is 1. The maximum absolute atomic E-state index is 12.6. The highest BCUT2D eigenvalue weighted by atomic mass is 35.5. The maximum atomic E-state index is 12.6. The Hall–Kier alpha value is -2.66. The zero-order chi connectivity index (χ0) is 25.4. The van der Waals surface area contributed by atoms with Crippen molar-refractivity contribution in [2.45, 2.75) is 26.3 Å². The number of amides is 1. The maximum Gasteiger partial charge on any atom is 0.326 e. The monoisotopic (exact) mass is 527 g/mol. The third-order valence-corrected chi connectivity index (χ3v) is 7.04. The molecule has 1 aromatic carbocycles. The summed E-state index contributed by atoms with van der Waals surface area (Å²) in [6.45, 7) is 3.23. The van der Waals surface area contributed by atoms with Gasteiger partial charge in [-0.2, -0.15) is 0 Å². The zero-order valence-corrected chi connectivity index (χ0v) is 20.8. The van der Waals surface area contributed by atoms with Gasteiger partial charge in [0.25, 0.3) is 5.91 Å². The highest BCUT2D eigenvalue weighted by Crippen LogP contribution is 2.42. The fourth-order valence-corrected chi connectivity index (χ4v) is 5.39. The molecule has 3 rings (SSSR count). The van der Waals surface area contributed by atoms with E-state index >= 15 is 0 Å². The number of ketones is 1. The lowest BCUT2D eigenvalue weighted by Crippen LogP contribution is -2.51. The van der Waals surface area contributed by atoms with Crippen LogP contribution in [0.2, 0.25) is 0 Å². The molecule has 0 bridgehead atoms. The van der Waals surface area contributed by atoms with Crippen molar-refractivity contribution < 1.29 is 28.9 Å². The number of nitrogens with zero attached hydrogens (tertiary/aromatic N) is 1. The van der Waals surface area contributed by atoms with Crippen LogP contribution in [-0.4, -0.2) is 56.1 Å². The molecule has 0 aromatic heterocycles. The Kier molecular flexibility index (Phi) is 7.56. The first-order chi connectivity index (χ1) is 15.8. The van der Waals surface area contributed by atoms with Gasteiger partial charge in [-0.1, -0.05) is 35.3 Å². The number of carbonyl (C=O) groups excluding carboxylic acids is 2. The topological polar surface area (TPSA) is 136 Å². The number of carbonyl (C=O) groups is 3. The van der Waals surface area contributed by atoms with E-state index in [1.807, 2.05) is 0 Å². The van der Waals surface area contributed by atoms with Crippen LogP contribution in [0.1, 0.15) is 19.4 Å². The lowest BCUT2D eigenvalue weighted by Gasteiger charge is -2.39. The number of halogens is 2. The Morgan fingerprint density at radius 3 is 2.38 bits per heavy atom. The van der Waals surface area contributed by atoms with E-state index in [9.17, 15) is 28.9 Å². The van der Waals surface area contributed by atoms with E-state index in [4.69, 9.17) is 23.2 Å². The normalized spacial score (nSPS) is 19.3. The van der Waals surface area contributed by atoms with Crippen molar-refractivity contribution in [2.75, 3.05) is 18.1 Å². The number of hydrogen-bond acceptors (Lipinski definition) is 7. The molecule has 1 unspecified atom stereocenters. The van der Waals surface area contributed by atoms with Gasteiger partial charge in [-0.3, -0.25) is 24.1 Å². The number of rotatable bonds is 8. The zero-order valence-electron chi connectivity index (χ0n) is 18.5. The van der Waals surface area contributed by atoms with Gasteiger partial charge in [0.05, 0.1) is 38.4 Å². The molecule has 12 heteroatoms. The van der Waals surface area contributed by atoms with E-state index in [0.717, 1.165) is 5.06 Å². The molecule has 2 aliphatic rings. The van der Waals surface area contributed by atoms with Crippen molar-refractivity contribution in [1.29, 1.82) is 0 Å². The molecule has 0 saturated heterocycles. The smallest absolute Gasteiger partial charge is 0.326 e. The van der Waals surface area contributed by atoms with Crippen molar-refractivity contribution in [3.63, 3.8) is 0 Å². The van der Waals surface area contributed by atoms with Crippen molar-refractivity contribution in [2.24, 2.45) is 5.41 Å². The van der Waals surface area contributed by atoms with Gasteiger partial charge in [-0.25, -0.2) is 4.79 Å². The second-order valence-corrected chi connectivity index (χ2v) is 10.5. The SMILES string of the molecule is CS(=O)C1=C(N[C@@H](Cc2ccc(NC(=O)C3=C(Cl)CN(O)C=C3Cl)cc2)C(=O)O)C(C)(C)C1=O. The van der Waals surface area contributed by atoms with Gasteiger partial charge in [0.15, 0.2) is 5.78 Å². The van der Waals surface area contributed by atoms with Crippen LogP contribution in [0.25, 0.3) is 0 Å². The molecule has 1 aromatic rings. The molecule has 1 aliphatic carbocycles. The van der Waals surface area contributed by atoms with Crippen LogP contribution in [0, 0.1) is 5.41 Å². The van der Waals surface area contributed by atoms with Gasteiger partial charge < -0.3 is 15.7 Å². The molecule has 9 nitrogen and oxygen atoms in total. The summed E-state index contributed by atoms with van der Waals surface area (Å²) >= 11 is 12.1. The molecule has 0 fully saturated rings. The van der Waals surface area contributed by atoms with E-state index < -0.39 is 34.1 Å². The Labute approximate surface area is 208 Å². The number of Topliss-reactive ketones (excluding diaryl/α,β-unsaturated/α-hetero) is 1. The first-order valence-electron chi connectivity index (χ1n) is 10.1. The van der Waals surface area contributed by atoms with Gasteiger partial charge in [0.1, 0.15) is 10.9 Å². The summed E-state index contributed by atoms with van der Waals surface area (Å²) in [6.07, 6.45) is 2.64. The lowest BCUT2D eigenvalue weighted by atomic mass is 9.74. The summed E-state index contributed by atoms with van der Waals surface area (Å²) < 4.78 is 11.9. The molecular formula is C22H23Cl2N3O6S. The average Bonchev–Trinajstić information content (AvgIpc) is 2.72. The summed E-state index contributed by atoms with van der Waals surface area (Å²) in [6, 6.07) is 5.45. The molecule has 1 amide bonds. The summed E-state index contributed by atoms with van der Waals surface area (Å²) in [5.41, 5.74) is 0.575. The number of nitrogens with one attached hydrogen (secondary N) is 2. The minimum Gasteiger partial charge on any atom is -0.480 e. The lowest BCUT2D eigenvalue weighted by molar-refractivity contribution is -0.139. The number of carboxylic acid groups (broad SMARTS) is 1. The van der Waals surface area contributed by atoms with Gasteiger partial charge in [-0.15, -0.1) is 0 Å². The summed E-state index contributed by atoms with van der Waals surface area (Å²) in [4.78, 5) is 36.8. The highest BCUT2D eigenvalue weighted by Gasteiger charge is 2.49. The molecule has 1 heterocycles. The van der Waals surface area contributed by atoms with Gasteiger partial charge in [-0.05, 0) is 31.5 Å². The fraction of sp³-hybridized carbons (Fsp3) is 0.318. The van der Waals surface area contributed by atoms with Crippen molar-refractivity contribution in [1.82, 2.24) is 10.4 Å². The standard InChI is InChI=1S/C22H23Cl2N3O6S/c1-22(2)18(17(19(22)28)34(3)33)26-15(21(30)31)8-11-4-6-12(7-5-11)25-20(29)16-13(23)9-27(32)10-14(16)24/h4-7,9,15,26,32H,8,10H2,1-3H3,(H,25,29)(H,30,31)/t15-,34?/m0/s1. The quantitative estimate of drug-likeness (QED) is 0.405. The molecule has 34 heavy (non-hydrogen) atoms. The Bertz CT molecular complexity index is 1170. The predicted octanol–water partition coefficient (Wildman–Crippen LogP) is 2.69. The summed E-state index contributed by atoms with van der Waals surface area (Å²) in [7, 11) is -1.53. The Morgan fingerprint density at radius 2 is 1.85 bits per heavy atom. The van der Waals surface area contributed by atoms with E-state index in [-0.39, 0.29) is 39.3 Å². The van der Waals surface area contributed by atoms with E-state index in [0.29, 0.717) is 16.9 Å². The van der Waals surface area contributed by atoms with Crippen molar-refractivity contribution in [3.05, 3.63) is 62.3 Å². The molecule has 4 N–H and O–H groups in total. The predicted molar refractivity (Wildman–Crippen MR) is 129 cm³/mol. The van der Waals surface area contributed by atoms with Gasteiger partial charge in [0.2, 0.25) is 0 Å². The van der Waals surface area contributed by atoms with Crippen molar-refractivity contribution >= 4 is 57.3 Å². The van der Waals surface area contributed by atoms with Gasteiger partial charge in [0, 0.05) is 30.3 Å². The van der Waals surface area contributed by atoms with E-state index in [1.54, 1.807) is 38.1 Å². The minimum absolute atomic E-state index is 0.0117. The van der Waals surface area contributed by atoms with Crippen LogP contribution < -0.4 is 10.6 Å². The van der Waals surface area contributed by atoms with Crippen LogP contribution in [0.5, 0.6) is 0 Å². The first-order valence-corrected chi connectivity index (χ1v) is 12.4. The molecule has 0 radical (unpaired) electrons. The molecule has 182 valence electrons. The van der Waals surface area contributed by atoms with E-state index in [2.05, 4.69) is 10.6 Å². The Balaban J connectivity index is 1.72. The van der Waals surface area contributed by atoms with Crippen LogP contribution in [-0.2, 0) is 31.6 Å². The first kappa shape index (κ1) is 26.0. The highest BCUT2D eigenvalue weighted by molar-refractivity contribution is 7.89. The van der Waals surface area contributed by atoms with Crippen molar-refractivity contribution in [3.8, 4) is 0 Å². The fourth-order valence-electron chi connectivity index (χ4n) is 3.60. The molecule has 0 spiro atoms. The number of aliphatic carboxylic acids is 1. The summed E-state index contributed by atoms with van der Waals surface area (Å²) in [5, 5.41) is 25.5. The molecular weight excluding hydrogens is 505 g/mol. The number of hydrogen-bond donors (Lipinski definition) is 4. The second-order valence-electron chi connectivity index (χ2n) is 8.36. The largest absolute Gasteiger partial charge is 0.480 e. The third-order valence-electron chi connectivity index (χ3n) is 5.48. The third kappa shape index (κ3) is 5.20. The van der Waals surface area contributed by atoms with Gasteiger partial charge >= 0.3 is 5.97 Å². The second kappa shape index (κ2) is 9.91.